The summed E-state index contributed by atoms with van der Waals surface area (Å²) in [5.74, 6) is 1.03. The number of pyridine rings is 1. The normalized spacial score (nSPS) is 14.0. The lowest BCUT2D eigenvalue weighted by Crippen LogP contribution is -2.25. The monoisotopic (exact) mass is 438 g/mol. The molecule has 0 bridgehead atoms. The van der Waals surface area contributed by atoms with E-state index in [0.29, 0.717) is 29.4 Å². The van der Waals surface area contributed by atoms with Crippen molar-refractivity contribution in [2.24, 2.45) is 5.92 Å². The second-order valence-electron chi connectivity index (χ2n) is 8.80. The molecule has 1 fully saturated rings. The number of hydrogen-bond acceptors (Lipinski definition) is 4. The van der Waals surface area contributed by atoms with Gasteiger partial charge in [-0.05, 0) is 55.0 Å². The Labute approximate surface area is 192 Å². The van der Waals surface area contributed by atoms with Gasteiger partial charge in [0.2, 0.25) is 5.65 Å². The van der Waals surface area contributed by atoms with Crippen LogP contribution in [0, 0.1) is 24.2 Å². The Balaban J connectivity index is 1.80. The number of aromatic nitrogens is 3. The molecule has 33 heavy (non-hydrogen) atoms. The second-order valence-corrected chi connectivity index (χ2v) is 8.80. The van der Waals surface area contributed by atoms with Gasteiger partial charge in [-0.2, -0.15) is 5.26 Å². The highest BCUT2D eigenvalue weighted by Gasteiger charge is 2.23. The molecule has 0 amide bonds. The summed E-state index contributed by atoms with van der Waals surface area (Å²) >= 11 is 0. The van der Waals surface area contributed by atoms with Gasteiger partial charge in [0.1, 0.15) is 0 Å². The molecule has 0 saturated heterocycles. The largest absolute Gasteiger partial charge is 0.493 e. The lowest BCUT2D eigenvalue weighted by Gasteiger charge is -2.15. The van der Waals surface area contributed by atoms with Crippen molar-refractivity contribution < 1.29 is 4.74 Å². The molecule has 0 atom stereocenters. The van der Waals surface area contributed by atoms with E-state index in [0.717, 1.165) is 40.8 Å². The fourth-order valence-corrected chi connectivity index (χ4v) is 4.80. The molecular weight excluding hydrogens is 412 g/mol. The van der Waals surface area contributed by atoms with Crippen molar-refractivity contribution in [2.75, 3.05) is 7.11 Å². The van der Waals surface area contributed by atoms with Crippen LogP contribution >= 0.6 is 0 Å². The second kappa shape index (κ2) is 8.59. The zero-order valence-electron chi connectivity index (χ0n) is 18.9. The molecule has 2 aromatic carbocycles. The number of nitrogens with zero attached hydrogens (tertiary/aromatic N) is 4. The van der Waals surface area contributed by atoms with Gasteiger partial charge in [-0.3, -0.25) is 0 Å². The third kappa shape index (κ3) is 3.80. The summed E-state index contributed by atoms with van der Waals surface area (Å²) in [7, 11) is 1.60. The molecule has 0 aliphatic heterocycles. The van der Waals surface area contributed by atoms with Crippen LogP contribution in [-0.2, 0) is 6.54 Å². The third-order valence-electron chi connectivity index (χ3n) is 6.59. The van der Waals surface area contributed by atoms with Crippen LogP contribution in [0.1, 0.15) is 36.8 Å². The topological polar surface area (TPSA) is 72.3 Å². The molecule has 1 aliphatic carbocycles. The zero-order chi connectivity index (χ0) is 22.9. The first-order valence-corrected chi connectivity index (χ1v) is 11.4. The number of hydrogen-bond donors (Lipinski definition) is 0. The van der Waals surface area contributed by atoms with Crippen molar-refractivity contribution in [1.29, 1.82) is 5.26 Å². The van der Waals surface area contributed by atoms with Gasteiger partial charge in [-0.15, -0.1) is 5.10 Å². The van der Waals surface area contributed by atoms with Crippen molar-refractivity contribution in [1.82, 2.24) is 14.2 Å². The zero-order valence-corrected chi connectivity index (χ0v) is 18.9. The van der Waals surface area contributed by atoms with Crippen molar-refractivity contribution >= 4 is 5.65 Å². The van der Waals surface area contributed by atoms with E-state index in [1.807, 2.05) is 49.4 Å². The smallest absolute Gasteiger partial charge is 0.350 e. The minimum absolute atomic E-state index is 0.152. The van der Waals surface area contributed by atoms with Crippen LogP contribution in [0.4, 0.5) is 0 Å². The summed E-state index contributed by atoms with van der Waals surface area (Å²) in [6, 6.07) is 19.7. The first-order valence-electron chi connectivity index (χ1n) is 11.4. The van der Waals surface area contributed by atoms with Crippen LogP contribution in [-0.4, -0.2) is 21.3 Å². The lowest BCUT2D eigenvalue weighted by molar-refractivity contribution is 0.412. The fraction of sp³-hybridized carbons (Fsp3) is 0.296. The van der Waals surface area contributed by atoms with Crippen molar-refractivity contribution in [2.45, 2.75) is 39.2 Å². The molecule has 166 valence electrons. The van der Waals surface area contributed by atoms with E-state index in [-0.39, 0.29) is 5.69 Å². The number of benzene rings is 2. The molecule has 0 radical (unpaired) electrons. The Hall–Kier alpha value is -3.85. The highest BCUT2D eigenvalue weighted by atomic mass is 16.5. The van der Waals surface area contributed by atoms with E-state index in [1.165, 1.54) is 12.8 Å². The van der Waals surface area contributed by atoms with E-state index in [2.05, 4.69) is 6.07 Å². The maximum Gasteiger partial charge on any atom is 0.350 e. The van der Waals surface area contributed by atoms with Gasteiger partial charge in [-0.25, -0.2) is 13.9 Å². The first kappa shape index (κ1) is 21.0. The van der Waals surface area contributed by atoms with Crippen LogP contribution in [0.5, 0.6) is 5.75 Å². The van der Waals surface area contributed by atoms with E-state index in [9.17, 15) is 10.1 Å². The number of nitriles is 1. The minimum atomic E-state index is -0.152. The van der Waals surface area contributed by atoms with Crippen molar-refractivity contribution in [3.8, 4) is 34.2 Å². The molecule has 2 heterocycles. The first-order chi connectivity index (χ1) is 16.1. The predicted molar refractivity (Wildman–Crippen MR) is 128 cm³/mol. The van der Waals surface area contributed by atoms with Crippen molar-refractivity contribution in [3.63, 3.8) is 0 Å². The predicted octanol–water partition coefficient (Wildman–Crippen LogP) is 5.21. The van der Waals surface area contributed by atoms with Crippen LogP contribution in [0.2, 0.25) is 0 Å². The Kier molecular flexibility index (Phi) is 5.47. The van der Waals surface area contributed by atoms with Gasteiger partial charge in [0, 0.05) is 12.1 Å². The summed E-state index contributed by atoms with van der Waals surface area (Å²) in [5, 5.41) is 13.9. The van der Waals surface area contributed by atoms with Crippen LogP contribution in [0.25, 0.3) is 28.0 Å². The SMILES string of the molecule is COc1cc(-c2ccc(C#N)cc2)c(-c2ccc(C)cc2)n2c(=O)n(CC3CCCC3)nc12. The molecule has 1 aliphatic rings. The van der Waals surface area contributed by atoms with E-state index >= 15 is 0 Å². The van der Waals surface area contributed by atoms with E-state index in [4.69, 9.17) is 9.84 Å². The summed E-state index contributed by atoms with van der Waals surface area (Å²) < 4.78 is 8.99. The van der Waals surface area contributed by atoms with E-state index < -0.39 is 0 Å². The average molecular weight is 439 g/mol. The van der Waals surface area contributed by atoms with Gasteiger partial charge >= 0.3 is 5.69 Å². The molecule has 6 heteroatoms. The average Bonchev–Trinajstić information content (AvgIpc) is 3.47. The van der Waals surface area contributed by atoms with Crippen LogP contribution < -0.4 is 10.4 Å². The number of rotatable bonds is 5. The number of fused-ring (bicyclic) bond motifs is 1. The van der Waals surface area contributed by atoms with Gasteiger partial charge in [0.05, 0.1) is 24.4 Å². The maximum absolute atomic E-state index is 13.7. The van der Waals surface area contributed by atoms with Gasteiger partial charge < -0.3 is 4.74 Å². The van der Waals surface area contributed by atoms with Crippen molar-refractivity contribution in [3.05, 3.63) is 76.2 Å². The Morgan fingerprint density at radius 2 is 1.73 bits per heavy atom. The number of ether oxygens (including phenoxy) is 1. The van der Waals surface area contributed by atoms with E-state index in [1.54, 1.807) is 28.3 Å². The number of methoxy groups -OCH3 is 1. The summed E-state index contributed by atoms with van der Waals surface area (Å²) in [5.41, 5.74) is 5.57. The third-order valence-corrected chi connectivity index (χ3v) is 6.59. The molecule has 0 N–H and O–H groups in total. The van der Waals surface area contributed by atoms with Gasteiger partial charge in [0.15, 0.2) is 5.75 Å². The fourth-order valence-electron chi connectivity index (χ4n) is 4.80. The van der Waals surface area contributed by atoms with Gasteiger partial charge in [-0.1, -0.05) is 54.8 Å². The molecule has 5 rings (SSSR count). The minimum Gasteiger partial charge on any atom is -0.493 e. The maximum atomic E-state index is 13.7. The summed E-state index contributed by atoms with van der Waals surface area (Å²) in [4.78, 5) is 13.7. The molecule has 6 nitrogen and oxygen atoms in total. The molecule has 0 spiro atoms. The molecule has 1 saturated carbocycles. The standard InChI is InChI=1S/C27H26N4O2/c1-18-7-11-22(12-8-18)25-23(21-13-9-19(16-28)10-14-21)15-24(33-2)26-29-30(27(32)31(25)26)17-20-5-3-4-6-20/h7-15,20H,3-6,17H2,1-2H3. The quantitative estimate of drug-likeness (QED) is 0.429. The Morgan fingerprint density at radius 1 is 1.06 bits per heavy atom. The Bertz CT molecular complexity index is 1400. The lowest BCUT2D eigenvalue weighted by atomic mass is 9.97. The highest BCUT2D eigenvalue weighted by Crippen LogP contribution is 2.37. The molecular formula is C27H26N4O2. The molecule has 2 aromatic heterocycles. The molecule has 0 unspecified atom stereocenters. The van der Waals surface area contributed by atoms with Crippen LogP contribution in [0.3, 0.4) is 0 Å². The summed E-state index contributed by atoms with van der Waals surface area (Å²) in [6.07, 6.45) is 4.71. The number of aryl methyl sites for hydroxylation is 1. The highest BCUT2D eigenvalue weighted by molar-refractivity contribution is 5.85. The van der Waals surface area contributed by atoms with Gasteiger partial charge in [0.25, 0.3) is 0 Å². The molecule has 4 aromatic rings. The van der Waals surface area contributed by atoms with Crippen LogP contribution in [0.15, 0.2) is 59.4 Å². The summed E-state index contributed by atoms with van der Waals surface area (Å²) in [6.45, 7) is 2.67. The Morgan fingerprint density at radius 3 is 2.36 bits per heavy atom.